The Balaban J connectivity index is 1.44. The van der Waals surface area contributed by atoms with Crippen molar-refractivity contribution in [3.05, 3.63) is 70.8 Å². The van der Waals surface area contributed by atoms with E-state index in [1.165, 1.54) is 47.0 Å². The molecule has 56 heavy (non-hydrogen) atoms. The van der Waals surface area contributed by atoms with E-state index in [0.717, 1.165) is 68.5 Å². The fourth-order valence-corrected chi connectivity index (χ4v) is 10.6. The SMILES string of the molecule is Cc1cc(-c2cc(C)c(OCC(COC(=O)C3SCCS3)OC(=O)/C=C\C(=O)O)c(C)c2)cc(C)c1OCC(COC(=O)C1SCCS1)OC(=O)/C=C\C(=O)O. The molecule has 2 aliphatic rings. The minimum atomic E-state index is -1.32. The first-order chi connectivity index (χ1) is 26.7. The third kappa shape index (κ3) is 14.0. The summed E-state index contributed by atoms with van der Waals surface area (Å²) in [6, 6.07) is 7.71. The minimum absolute atomic E-state index is 0.167. The lowest BCUT2D eigenvalue weighted by Crippen LogP contribution is -2.32. The quantitative estimate of drug-likeness (QED) is 0.107. The molecular formula is C38H42O14S4. The number of benzene rings is 2. The van der Waals surface area contributed by atoms with Gasteiger partial charge >= 0.3 is 35.8 Å². The fourth-order valence-electron chi connectivity index (χ4n) is 5.44. The van der Waals surface area contributed by atoms with Gasteiger partial charge in [0.1, 0.15) is 47.1 Å². The lowest BCUT2D eigenvalue weighted by molar-refractivity contribution is -0.156. The zero-order chi connectivity index (χ0) is 40.8. The fraction of sp³-hybridized carbons (Fsp3) is 0.421. The Hall–Kier alpha value is -4.26. The van der Waals surface area contributed by atoms with Crippen molar-refractivity contribution in [2.75, 3.05) is 49.4 Å². The van der Waals surface area contributed by atoms with Gasteiger partial charge in [0, 0.05) is 47.3 Å². The summed E-state index contributed by atoms with van der Waals surface area (Å²) in [6.45, 7) is 6.55. The molecule has 0 amide bonds. The van der Waals surface area contributed by atoms with Crippen molar-refractivity contribution in [3.63, 3.8) is 0 Å². The van der Waals surface area contributed by atoms with Gasteiger partial charge in [0.15, 0.2) is 12.2 Å². The zero-order valence-corrected chi connectivity index (χ0v) is 34.3. The van der Waals surface area contributed by atoms with Gasteiger partial charge in [0.25, 0.3) is 0 Å². The highest BCUT2D eigenvalue weighted by molar-refractivity contribution is 8.21. The monoisotopic (exact) mass is 850 g/mol. The van der Waals surface area contributed by atoms with Crippen molar-refractivity contribution >= 4 is 82.9 Å². The number of rotatable bonds is 19. The first kappa shape index (κ1) is 44.5. The average Bonchev–Trinajstić information content (AvgIpc) is 3.89. The number of esters is 4. The van der Waals surface area contributed by atoms with Crippen LogP contribution in [0.25, 0.3) is 11.1 Å². The van der Waals surface area contributed by atoms with Crippen LogP contribution in [0.4, 0.5) is 0 Å². The van der Waals surface area contributed by atoms with Crippen LogP contribution in [0.2, 0.25) is 0 Å². The Kier molecular flexibility index (Phi) is 17.4. The molecule has 2 saturated heterocycles. The van der Waals surface area contributed by atoms with Gasteiger partial charge < -0.3 is 38.6 Å². The van der Waals surface area contributed by atoms with Crippen LogP contribution in [0, 0.1) is 27.7 Å². The van der Waals surface area contributed by atoms with Crippen molar-refractivity contribution in [1.29, 1.82) is 0 Å². The Morgan fingerprint density at radius 1 is 0.571 bits per heavy atom. The number of ether oxygens (including phenoxy) is 6. The molecule has 0 bridgehead atoms. The lowest BCUT2D eigenvalue weighted by atomic mass is 9.96. The molecule has 2 N–H and O–H groups in total. The summed E-state index contributed by atoms with van der Waals surface area (Å²) >= 11 is 5.89. The Labute approximate surface area is 340 Å². The average molecular weight is 851 g/mol. The topological polar surface area (TPSA) is 198 Å². The first-order valence-corrected chi connectivity index (χ1v) is 21.4. The van der Waals surface area contributed by atoms with E-state index in [2.05, 4.69) is 0 Å². The van der Waals surface area contributed by atoms with Crippen molar-refractivity contribution in [3.8, 4) is 22.6 Å². The largest absolute Gasteiger partial charge is 0.489 e. The third-order valence-corrected chi connectivity index (χ3v) is 13.7. The van der Waals surface area contributed by atoms with Gasteiger partial charge in [0.05, 0.1) is 0 Å². The minimum Gasteiger partial charge on any atom is -0.489 e. The predicted molar refractivity (Wildman–Crippen MR) is 214 cm³/mol. The van der Waals surface area contributed by atoms with Crippen molar-refractivity contribution in [2.24, 2.45) is 0 Å². The molecule has 2 aromatic rings. The van der Waals surface area contributed by atoms with E-state index in [4.69, 9.17) is 38.6 Å². The molecule has 2 heterocycles. The molecule has 2 aromatic carbocycles. The van der Waals surface area contributed by atoms with Gasteiger partial charge in [0.2, 0.25) is 0 Å². The van der Waals surface area contributed by atoms with Crippen LogP contribution >= 0.6 is 47.0 Å². The summed E-state index contributed by atoms with van der Waals surface area (Å²) in [6.07, 6.45) is 0.824. The smallest absolute Gasteiger partial charge is 0.331 e. The van der Waals surface area contributed by atoms with E-state index in [-0.39, 0.29) is 35.6 Å². The summed E-state index contributed by atoms with van der Waals surface area (Å²) < 4.78 is 33.1. The lowest BCUT2D eigenvalue weighted by Gasteiger charge is -2.21. The van der Waals surface area contributed by atoms with E-state index in [1.54, 1.807) is 0 Å². The Bertz CT molecular complexity index is 1650. The van der Waals surface area contributed by atoms with E-state index in [0.29, 0.717) is 23.7 Å². The molecule has 2 unspecified atom stereocenters. The first-order valence-electron chi connectivity index (χ1n) is 17.2. The molecule has 2 fully saturated rings. The van der Waals surface area contributed by atoms with Gasteiger partial charge in [-0.05, 0) is 85.3 Å². The molecule has 0 aromatic heterocycles. The highest BCUT2D eigenvalue weighted by Gasteiger charge is 2.29. The van der Waals surface area contributed by atoms with E-state index < -0.39 is 48.0 Å². The van der Waals surface area contributed by atoms with Crippen LogP contribution < -0.4 is 9.47 Å². The highest BCUT2D eigenvalue weighted by Crippen LogP contribution is 2.36. The molecule has 302 valence electrons. The van der Waals surface area contributed by atoms with Gasteiger partial charge in [-0.1, -0.05) is 0 Å². The standard InChI is InChI=1S/C38H42O14S4/c1-21-13-25(14-22(2)33(21)47-17-27(51-31(43)7-5-29(39)40)19-49-35(45)37-53-9-10-54-37)26-15-23(3)34(24(4)16-26)48-18-28(52-32(44)8-6-30(41)42)20-50-36(46)38-55-11-12-56-38/h5-8,13-16,27-28,37-38H,9-12,17-20H2,1-4H3,(H,39,40)(H,41,42)/b7-5-,8-6-. The maximum Gasteiger partial charge on any atom is 0.331 e. The van der Waals surface area contributed by atoms with E-state index in [9.17, 15) is 28.8 Å². The molecule has 0 saturated carbocycles. The van der Waals surface area contributed by atoms with Crippen molar-refractivity contribution in [2.45, 2.75) is 49.1 Å². The van der Waals surface area contributed by atoms with E-state index in [1.807, 2.05) is 52.0 Å². The number of aliphatic carboxylic acids is 2. The number of carbonyl (C=O) groups is 6. The molecule has 0 aliphatic carbocycles. The second-order valence-corrected chi connectivity index (χ2v) is 17.8. The molecule has 2 atom stereocenters. The summed E-state index contributed by atoms with van der Waals surface area (Å²) in [5, 5.41) is 17.7. The van der Waals surface area contributed by atoms with Crippen LogP contribution in [0.15, 0.2) is 48.6 Å². The van der Waals surface area contributed by atoms with Gasteiger partial charge in [-0.3, -0.25) is 0 Å². The molecule has 0 spiro atoms. The summed E-state index contributed by atoms with van der Waals surface area (Å²) in [4.78, 5) is 71.4. The summed E-state index contributed by atoms with van der Waals surface area (Å²) in [5.74, 6) is -0.991. The number of carbonyl (C=O) groups excluding carboxylic acids is 4. The van der Waals surface area contributed by atoms with E-state index >= 15 is 0 Å². The number of carboxylic acid groups (broad SMARTS) is 2. The van der Waals surface area contributed by atoms with Crippen LogP contribution in [0.1, 0.15) is 22.3 Å². The number of hydrogen-bond donors (Lipinski definition) is 2. The number of aryl methyl sites for hydroxylation is 4. The number of thioether (sulfide) groups is 4. The molecule has 0 radical (unpaired) electrons. The van der Waals surface area contributed by atoms with Gasteiger partial charge in [-0.25, -0.2) is 28.8 Å². The Morgan fingerprint density at radius 3 is 1.20 bits per heavy atom. The molecule has 2 aliphatic heterocycles. The zero-order valence-electron chi connectivity index (χ0n) is 31.0. The third-order valence-electron chi connectivity index (χ3n) is 7.82. The van der Waals surface area contributed by atoms with Gasteiger partial charge in [-0.15, -0.1) is 47.0 Å². The number of hydrogen-bond acceptors (Lipinski definition) is 16. The molecular weight excluding hydrogens is 809 g/mol. The van der Waals surface area contributed by atoms with Crippen LogP contribution in [-0.4, -0.2) is 117 Å². The normalized spacial score (nSPS) is 15.7. The molecule has 18 heteroatoms. The molecule has 4 rings (SSSR count). The van der Waals surface area contributed by atoms with Crippen LogP contribution in [-0.2, 0) is 47.7 Å². The second kappa shape index (κ2) is 21.9. The number of carboxylic acids is 2. The Morgan fingerprint density at radius 2 is 0.893 bits per heavy atom. The second-order valence-electron chi connectivity index (χ2n) is 12.4. The highest BCUT2D eigenvalue weighted by atomic mass is 32.2. The van der Waals surface area contributed by atoms with Gasteiger partial charge in [-0.2, -0.15) is 0 Å². The predicted octanol–water partition coefficient (Wildman–Crippen LogP) is 5.15. The summed E-state index contributed by atoms with van der Waals surface area (Å²) in [7, 11) is 0. The van der Waals surface area contributed by atoms with Crippen LogP contribution in [0.3, 0.4) is 0 Å². The summed E-state index contributed by atoms with van der Waals surface area (Å²) in [5.41, 5.74) is 4.83. The maximum atomic E-state index is 12.5. The molecule has 14 nitrogen and oxygen atoms in total. The van der Waals surface area contributed by atoms with Crippen molar-refractivity contribution < 1.29 is 67.4 Å². The van der Waals surface area contributed by atoms with Crippen molar-refractivity contribution in [1.82, 2.24) is 0 Å². The maximum absolute atomic E-state index is 12.5. The van der Waals surface area contributed by atoms with Crippen LogP contribution in [0.5, 0.6) is 11.5 Å².